The highest BCUT2D eigenvalue weighted by Crippen LogP contribution is 2.45. The summed E-state index contributed by atoms with van der Waals surface area (Å²) < 4.78 is 42.8. The number of pyridine rings is 1. The first-order valence-corrected chi connectivity index (χ1v) is 12.3. The van der Waals surface area contributed by atoms with Crippen LogP contribution in [0.25, 0.3) is 42.2 Å². The van der Waals surface area contributed by atoms with Gasteiger partial charge in [-0.1, -0.05) is 70.2 Å². The Hall–Kier alpha value is -2.92. The van der Waals surface area contributed by atoms with Gasteiger partial charge < -0.3 is 0 Å². The highest BCUT2D eigenvalue weighted by Gasteiger charge is 2.47. The van der Waals surface area contributed by atoms with Crippen LogP contribution in [0.2, 0.25) is 0 Å². The summed E-state index contributed by atoms with van der Waals surface area (Å²) in [7, 11) is 0. The summed E-state index contributed by atoms with van der Waals surface area (Å²) in [5.41, 5.74) is 2.11. The minimum absolute atomic E-state index is 0.0586. The molecule has 0 bridgehead atoms. The van der Waals surface area contributed by atoms with E-state index in [0.29, 0.717) is 5.92 Å². The van der Waals surface area contributed by atoms with Crippen molar-refractivity contribution in [1.82, 2.24) is 4.98 Å². The van der Waals surface area contributed by atoms with Gasteiger partial charge in [0.05, 0.1) is 15.8 Å². The van der Waals surface area contributed by atoms with Gasteiger partial charge in [-0.25, -0.2) is 0 Å². The molecule has 2 heterocycles. The number of alkyl halides is 3. The van der Waals surface area contributed by atoms with Gasteiger partial charge in [-0.05, 0) is 52.4 Å². The summed E-state index contributed by atoms with van der Waals surface area (Å²) in [5, 5.41) is 4.43. The van der Waals surface area contributed by atoms with E-state index in [2.05, 4.69) is 44.2 Å². The number of aromatic nitrogens is 1. The number of hydrogen-bond donors (Lipinski definition) is 0. The Balaban J connectivity index is 1.74. The van der Waals surface area contributed by atoms with E-state index in [1.807, 2.05) is 30.3 Å². The van der Waals surface area contributed by atoms with E-state index in [1.165, 1.54) is 24.8 Å². The predicted molar refractivity (Wildman–Crippen MR) is 138 cm³/mol. The second-order valence-corrected chi connectivity index (χ2v) is 11.0. The van der Waals surface area contributed by atoms with Crippen LogP contribution in [0.15, 0.2) is 66.9 Å². The predicted octanol–water partition coefficient (Wildman–Crippen LogP) is 9.52. The van der Waals surface area contributed by atoms with E-state index < -0.39 is 11.6 Å². The van der Waals surface area contributed by atoms with Crippen molar-refractivity contribution in [1.29, 1.82) is 0 Å². The van der Waals surface area contributed by atoms with Gasteiger partial charge in [0.15, 0.2) is 0 Å². The highest BCUT2D eigenvalue weighted by atomic mass is 32.1. The Bertz CT molecular complexity index is 1530. The van der Waals surface area contributed by atoms with Crippen molar-refractivity contribution in [3.05, 3.63) is 78.0 Å². The van der Waals surface area contributed by atoms with Crippen LogP contribution >= 0.6 is 11.3 Å². The first-order chi connectivity index (χ1) is 16.1. The normalized spacial score (nSPS) is 12.9. The van der Waals surface area contributed by atoms with Gasteiger partial charge in [0.25, 0.3) is 0 Å². The molecular weight excluding hydrogens is 451 g/mol. The average molecular weight is 478 g/mol. The van der Waals surface area contributed by atoms with Gasteiger partial charge in [-0.2, -0.15) is 13.2 Å². The summed E-state index contributed by atoms with van der Waals surface area (Å²) in [6, 6.07) is 20.4. The average Bonchev–Trinajstić information content (AvgIpc) is 3.17. The van der Waals surface area contributed by atoms with Gasteiger partial charge in [0, 0.05) is 27.2 Å². The van der Waals surface area contributed by atoms with Crippen molar-refractivity contribution < 1.29 is 13.2 Å². The molecule has 5 aromatic rings. The maximum Gasteiger partial charge on any atom is 0.394 e. The maximum atomic E-state index is 13.6. The third-order valence-corrected chi connectivity index (χ3v) is 7.99. The van der Waals surface area contributed by atoms with Crippen molar-refractivity contribution in [3.8, 4) is 11.3 Å². The van der Waals surface area contributed by atoms with E-state index in [4.69, 9.17) is 4.98 Å². The third-order valence-electron chi connectivity index (χ3n) is 6.68. The van der Waals surface area contributed by atoms with Crippen LogP contribution < -0.4 is 0 Å². The number of nitrogens with zero attached hydrogens (tertiary/aromatic N) is 1. The molecule has 0 saturated heterocycles. The summed E-state index contributed by atoms with van der Waals surface area (Å²) in [4.78, 5) is 4.75. The van der Waals surface area contributed by atoms with Crippen LogP contribution in [-0.2, 0) is 6.42 Å². The lowest BCUT2D eigenvalue weighted by molar-refractivity contribution is -0.210. The minimum Gasteiger partial charge on any atom is -0.255 e. The lowest BCUT2D eigenvalue weighted by atomic mass is 9.85. The first-order valence-electron chi connectivity index (χ1n) is 11.5. The number of rotatable bonds is 4. The van der Waals surface area contributed by atoms with Crippen LogP contribution in [0.4, 0.5) is 13.2 Å². The zero-order valence-corrected chi connectivity index (χ0v) is 20.4. The van der Waals surface area contributed by atoms with Crippen molar-refractivity contribution in [2.45, 2.75) is 46.2 Å². The van der Waals surface area contributed by atoms with Gasteiger partial charge >= 0.3 is 6.18 Å². The molecule has 0 amide bonds. The third kappa shape index (κ3) is 3.76. The molecule has 1 nitrogen and oxygen atoms in total. The molecule has 174 valence electrons. The lowest BCUT2D eigenvalue weighted by Crippen LogP contribution is -2.34. The fourth-order valence-electron chi connectivity index (χ4n) is 4.66. The Morgan fingerprint density at radius 1 is 0.853 bits per heavy atom. The van der Waals surface area contributed by atoms with Crippen molar-refractivity contribution in [3.63, 3.8) is 0 Å². The fourth-order valence-corrected chi connectivity index (χ4v) is 5.98. The van der Waals surface area contributed by atoms with E-state index in [0.717, 1.165) is 42.4 Å². The number of hydrogen-bond acceptors (Lipinski definition) is 2. The molecule has 5 heteroatoms. The molecule has 0 N–H and O–H groups in total. The zero-order chi connectivity index (χ0) is 24.3. The van der Waals surface area contributed by atoms with Gasteiger partial charge in [-0.15, -0.1) is 11.3 Å². The largest absolute Gasteiger partial charge is 0.394 e. The molecule has 34 heavy (non-hydrogen) atoms. The number of fused-ring (bicyclic) bond motifs is 4. The first kappa shape index (κ1) is 22.9. The SMILES string of the molecule is CC(C)c1cc(-c2nccc3c2sc2c(CC(C)(C)C(F)(F)F)cccc23)cc2ccccc12. The molecule has 0 aliphatic rings. The summed E-state index contributed by atoms with van der Waals surface area (Å²) in [5.74, 6) is 0.350. The van der Waals surface area contributed by atoms with Gasteiger partial charge in [-0.3, -0.25) is 4.98 Å². The van der Waals surface area contributed by atoms with Crippen LogP contribution in [0.5, 0.6) is 0 Å². The molecule has 2 aromatic heterocycles. The zero-order valence-electron chi connectivity index (χ0n) is 19.6. The van der Waals surface area contributed by atoms with Crippen molar-refractivity contribution >= 4 is 42.3 Å². The molecule has 0 aliphatic carbocycles. The van der Waals surface area contributed by atoms with Crippen LogP contribution in [0, 0.1) is 5.41 Å². The second kappa shape index (κ2) is 8.09. The summed E-state index contributed by atoms with van der Waals surface area (Å²) in [6.45, 7) is 6.92. The Morgan fingerprint density at radius 3 is 2.29 bits per heavy atom. The number of thiophene rings is 1. The number of halogens is 3. The lowest BCUT2D eigenvalue weighted by Gasteiger charge is -2.27. The Kier molecular flexibility index (Phi) is 5.44. The van der Waals surface area contributed by atoms with Crippen LogP contribution in [-0.4, -0.2) is 11.2 Å². The number of benzene rings is 3. The topological polar surface area (TPSA) is 12.9 Å². The Labute approximate surface area is 201 Å². The van der Waals surface area contributed by atoms with Crippen molar-refractivity contribution in [2.24, 2.45) is 5.41 Å². The van der Waals surface area contributed by atoms with Gasteiger partial charge in [0.2, 0.25) is 0 Å². The molecule has 0 fully saturated rings. The molecule has 0 unspecified atom stereocenters. The van der Waals surface area contributed by atoms with Gasteiger partial charge in [0.1, 0.15) is 0 Å². The standard InChI is InChI=1S/C29H26F3NS/c1-17(2)24-15-20(14-18-8-5-6-10-21(18)24)25-27-23(12-13-33-25)22-11-7-9-19(26(22)34-27)16-28(3,4)29(30,31)32/h5-15,17H,16H2,1-4H3. The van der Waals surface area contributed by atoms with Crippen LogP contribution in [0.3, 0.4) is 0 Å². The van der Waals surface area contributed by atoms with Crippen LogP contribution in [0.1, 0.15) is 44.7 Å². The van der Waals surface area contributed by atoms with E-state index >= 15 is 0 Å². The van der Waals surface area contributed by atoms with Crippen molar-refractivity contribution in [2.75, 3.05) is 0 Å². The second-order valence-electron chi connectivity index (χ2n) is 9.93. The molecule has 0 atom stereocenters. The molecule has 0 radical (unpaired) electrons. The highest BCUT2D eigenvalue weighted by molar-refractivity contribution is 7.26. The minimum atomic E-state index is -4.27. The molecule has 0 spiro atoms. The Morgan fingerprint density at radius 2 is 1.56 bits per heavy atom. The molecule has 3 aromatic carbocycles. The molecule has 0 saturated carbocycles. The van der Waals surface area contributed by atoms with E-state index in [1.54, 1.807) is 17.5 Å². The molecule has 5 rings (SSSR count). The quantitative estimate of drug-likeness (QED) is 0.251. The molecule has 0 aliphatic heterocycles. The monoisotopic (exact) mass is 477 g/mol. The maximum absolute atomic E-state index is 13.6. The summed E-state index contributed by atoms with van der Waals surface area (Å²) in [6.07, 6.45) is -2.52. The fraction of sp³-hybridized carbons (Fsp3) is 0.276. The van der Waals surface area contributed by atoms with E-state index in [9.17, 15) is 13.2 Å². The summed E-state index contributed by atoms with van der Waals surface area (Å²) >= 11 is 1.55. The van der Waals surface area contributed by atoms with E-state index in [-0.39, 0.29) is 6.42 Å². The molecular formula is C29H26F3NS. The smallest absolute Gasteiger partial charge is 0.255 e.